The van der Waals surface area contributed by atoms with Gasteiger partial charge in [0.15, 0.2) is 0 Å². The fraction of sp³-hybridized carbons (Fsp3) is 0. The maximum Gasteiger partial charge on any atom is 1.00 e. The third-order valence-corrected chi connectivity index (χ3v) is 7.35. The van der Waals surface area contributed by atoms with Crippen LogP contribution in [0.3, 0.4) is 0 Å². The summed E-state index contributed by atoms with van der Waals surface area (Å²) in [5.41, 5.74) is 0. The Hall–Kier alpha value is 2.09. The molecule has 0 aromatic rings. The molecule has 0 rings (SSSR count). The Morgan fingerprint density at radius 1 is 0.440 bits per heavy atom. The summed E-state index contributed by atoms with van der Waals surface area (Å²) >= 11 is 0. The molecule has 0 aliphatic heterocycles. The van der Waals surface area contributed by atoms with Gasteiger partial charge in [-0.2, -0.15) is 0 Å². The van der Waals surface area contributed by atoms with Gasteiger partial charge >= 0.3 is 84.5 Å². The van der Waals surface area contributed by atoms with Gasteiger partial charge in [0.2, 0.25) is 41.6 Å². The van der Waals surface area contributed by atoms with Gasteiger partial charge in [0.25, 0.3) is 0 Å². The van der Waals surface area contributed by atoms with Crippen molar-refractivity contribution >= 4 is 50.6 Å². The first-order chi connectivity index (χ1) is 8.83. The molecule has 25 heteroatoms. The molecule has 0 spiro atoms. The van der Waals surface area contributed by atoms with E-state index in [0.717, 1.165) is 0 Å². The van der Waals surface area contributed by atoms with Crippen LogP contribution in [0.25, 0.3) is 0 Å². The molecule has 0 atom stereocenters. The SMILES string of the molecule is O=S(=O)([O-])O[Si](OS(=O)(=O)[O-])(OS(=O)(=O)[O-])OS(=O)(=O)[O-].[Li+].[Li+].[Li+].[Li+]. The van der Waals surface area contributed by atoms with Crippen LogP contribution in [0, 0.1) is 0 Å². The number of rotatable bonds is 8. The van der Waals surface area contributed by atoms with Crippen molar-refractivity contribution in [2.45, 2.75) is 0 Å². The van der Waals surface area contributed by atoms with Gasteiger partial charge in [-0.15, -0.1) is 0 Å². The summed E-state index contributed by atoms with van der Waals surface area (Å²) in [4.78, 5) is 0. The number of hydrogen-bond donors (Lipinski definition) is 0. The molecule has 0 N–H and O–H groups in total. The molecular formula is Li4O16S4Si. The van der Waals surface area contributed by atoms with E-state index in [4.69, 9.17) is 0 Å². The first kappa shape index (κ1) is 37.8. The van der Waals surface area contributed by atoms with Crippen molar-refractivity contribution < 1.29 is 143 Å². The van der Waals surface area contributed by atoms with Crippen LogP contribution in [-0.2, 0) is 57.1 Å². The van der Waals surface area contributed by atoms with Crippen molar-refractivity contribution in [1.29, 1.82) is 0 Å². The van der Waals surface area contributed by atoms with E-state index in [1.54, 1.807) is 0 Å². The molecule has 0 saturated carbocycles. The van der Waals surface area contributed by atoms with Crippen molar-refractivity contribution in [3.05, 3.63) is 0 Å². The summed E-state index contributed by atoms with van der Waals surface area (Å²) < 4.78 is 134. The van der Waals surface area contributed by atoms with Crippen LogP contribution in [-0.4, -0.2) is 60.9 Å². The van der Waals surface area contributed by atoms with Crippen molar-refractivity contribution in [2.24, 2.45) is 0 Å². The second kappa shape index (κ2) is 12.6. The van der Waals surface area contributed by atoms with Crippen molar-refractivity contribution in [2.75, 3.05) is 0 Å². The Kier molecular flexibility index (Phi) is 19.1. The van der Waals surface area contributed by atoms with Crippen LogP contribution in [0.4, 0.5) is 0 Å². The summed E-state index contributed by atoms with van der Waals surface area (Å²) in [6, 6.07) is 0. The second-order valence-electron chi connectivity index (χ2n) is 2.47. The van der Waals surface area contributed by atoms with Crippen molar-refractivity contribution in [3.63, 3.8) is 0 Å². The Morgan fingerprint density at radius 2 is 0.560 bits per heavy atom. The molecule has 0 fully saturated rings. The normalized spacial score (nSPS) is 12.6. The quantitative estimate of drug-likeness (QED) is 0.192. The molecule has 0 heterocycles. The number of hydrogen-bond acceptors (Lipinski definition) is 16. The zero-order valence-corrected chi connectivity index (χ0v) is 16.9. The van der Waals surface area contributed by atoms with Gasteiger partial charge < -0.3 is 18.2 Å². The van der Waals surface area contributed by atoms with E-state index in [1.807, 2.05) is 0 Å². The molecule has 25 heavy (non-hydrogen) atoms. The van der Waals surface area contributed by atoms with E-state index in [1.165, 1.54) is 0 Å². The molecule has 0 aliphatic carbocycles. The van der Waals surface area contributed by atoms with Crippen molar-refractivity contribution in [1.82, 2.24) is 0 Å². The van der Waals surface area contributed by atoms with E-state index in [2.05, 4.69) is 15.5 Å². The fourth-order valence-corrected chi connectivity index (χ4v) is 6.75. The molecule has 0 bridgehead atoms. The third-order valence-electron chi connectivity index (χ3n) is 0.816. The van der Waals surface area contributed by atoms with Crippen LogP contribution in [0.1, 0.15) is 0 Å². The minimum atomic E-state index is -6.94. The fourth-order valence-electron chi connectivity index (χ4n) is 0.583. The third kappa shape index (κ3) is 22.2. The molecule has 128 valence electrons. The molecule has 0 unspecified atom stereocenters. The zero-order valence-electron chi connectivity index (χ0n) is 12.7. The second-order valence-corrected chi connectivity index (χ2v) is 9.40. The van der Waals surface area contributed by atoms with Crippen LogP contribution >= 0.6 is 0 Å². The monoisotopic (exact) mass is 440 g/mol. The smallest absolute Gasteiger partial charge is 0.726 e. The largest absolute Gasteiger partial charge is 1.00 e. The Labute approximate surface area is 191 Å². The molecule has 0 saturated heterocycles. The molecular weight excluding hydrogens is 440 g/mol. The predicted molar refractivity (Wildman–Crippen MR) is 48.9 cm³/mol. The van der Waals surface area contributed by atoms with E-state index in [9.17, 15) is 51.9 Å². The minimum absolute atomic E-state index is 0. The summed E-state index contributed by atoms with van der Waals surface area (Å²) in [6.07, 6.45) is 0. The van der Waals surface area contributed by atoms with Crippen LogP contribution in [0.2, 0.25) is 0 Å². The average molecular weight is 440 g/mol. The molecule has 0 aromatic carbocycles. The van der Waals surface area contributed by atoms with Crippen molar-refractivity contribution in [3.8, 4) is 0 Å². The molecule has 0 radical (unpaired) electrons. The van der Waals surface area contributed by atoms with E-state index >= 15 is 0 Å². The van der Waals surface area contributed by atoms with Gasteiger partial charge in [-0.1, -0.05) is 0 Å². The van der Waals surface area contributed by atoms with Crippen LogP contribution < -0.4 is 75.4 Å². The first-order valence-corrected chi connectivity index (χ1v) is 10.4. The topological polar surface area (TPSA) is 266 Å². The molecule has 0 amide bonds. The molecule has 0 aliphatic rings. The molecule has 16 nitrogen and oxygen atoms in total. The van der Waals surface area contributed by atoms with Crippen LogP contribution in [0.15, 0.2) is 0 Å². The Balaban J connectivity index is -0.000000333. The van der Waals surface area contributed by atoms with Gasteiger partial charge in [0.05, 0.1) is 0 Å². The zero-order chi connectivity index (χ0) is 17.3. The van der Waals surface area contributed by atoms with Crippen LogP contribution in [0.5, 0.6) is 0 Å². The molecule has 0 aromatic heterocycles. The average Bonchev–Trinajstić information content (AvgIpc) is 1.83. The standard InChI is InChI=1S/4Li.H4O16S4Si/c;;;;1-17(2,3)13-21(14-18(4,5)6,15-19(7,8)9)16-20(10,11)12/h;;;;(H,1,2,3)(H,4,5,6)(H,7,8,9)(H,10,11,12)/q4*+1;/p-4. The van der Waals surface area contributed by atoms with Gasteiger partial charge in [-0.05, 0) is 0 Å². The predicted octanol–water partition coefficient (Wildman–Crippen LogP) is -16.7. The maximum atomic E-state index is 10.2. The van der Waals surface area contributed by atoms with E-state index in [0.29, 0.717) is 0 Å². The summed E-state index contributed by atoms with van der Waals surface area (Å²) in [7, 11) is -32.0. The Morgan fingerprint density at radius 3 is 0.640 bits per heavy atom. The van der Waals surface area contributed by atoms with Gasteiger partial charge in [-0.25, -0.2) is 49.2 Å². The Bertz CT molecular complexity index is 647. The summed E-state index contributed by atoms with van der Waals surface area (Å²) in [6.45, 7) is 0. The van der Waals surface area contributed by atoms with E-state index in [-0.39, 0.29) is 75.4 Å². The van der Waals surface area contributed by atoms with E-state index < -0.39 is 50.6 Å². The summed E-state index contributed by atoms with van der Waals surface area (Å²) in [5, 5.41) is 0. The minimum Gasteiger partial charge on any atom is -0.726 e. The van der Waals surface area contributed by atoms with Gasteiger partial charge in [0.1, 0.15) is 0 Å². The van der Waals surface area contributed by atoms with Gasteiger partial charge in [-0.3, -0.25) is 0 Å². The maximum absolute atomic E-state index is 10.2. The first-order valence-electron chi connectivity index (χ1n) is 3.48. The summed E-state index contributed by atoms with van der Waals surface area (Å²) in [5.74, 6) is 0. The van der Waals surface area contributed by atoms with Gasteiger partial charge in [0, 0.05) is 0 Å².